The Hall–Kier alpha value is -0.580. The molecule has 0 spiro atoms. The third-order valence-electron chi connectivity index (χ3n) is 1.51. The van der Waals surface area contributed by atoms with Gasteiger partial charge in [-0.05, 0) is 6.92 Å². The Morgan fingerprint density at radius 1 is 1.47 bits per heavy atom. The molecule has 1 N–H and O–H groups in total. The molecule has 0 aromatic carbocycles. The molecule has 0 heterocycles. The van der Waals surface area contributed by atoms with Crippen LogP contribution in [0.4, 0.5) is 0 Å². The Labute approximate surface area is 97.5 Å². The number of esters is 1. The summed E-state index contributed by atoms with van der Waals surface area (Å²) in [5.41, 5.74) is 0.349. The van der Waals surface area contributed by atoms with Crippen LogP contribution < -0.4 is 12.4 Å². The summed E-state index contributed by atoms with van der Waals surface area (Å²) in [5.74, 6) is -0.453. The zero-order valence-electron chi connectivity index (χ0n) is 9.79. The topological polar surface area (TPSA) is 46.5 Å². The molecule has 0 radical (unpaired) electrons. The molecule has 0 aromatic rings. The van der Waals surface area contributed by atoms with Crippen molar-refractivity contribution in [2.24, 2.45) is 0 Å². The molecular formula is C10H20ClNO3. The van der Waals surface area contributed by atoms with Gasteiger partial charge in [0.1, 0.15) is 19.3 Å². The van der Waals surface area contributed by atoms with Crippen LogP contribution in [0.1, 0.15) is 6.92 Å². The smallest absolute Gasteiger partial charge is 0.333 e. The number of carbonyl (C=O) groups is 1. The van der Waals surface area contributed by atoms with Gasteiger partial charge in [0.05, 0.1) is 21.1 Å². The second-order valence-corrected chi connectivity index (χ2v) is 4.51. The summed E-state index contributed by atoms with van der Waals surface area (Å²) in [6, 6.07) is 0. The second-order valence-electron chi connectivity index (χ2n) is 4.51. The number of aliphatic hydroxyl groups excluding tert-OH is 1. The minimum atomic E-state index is -0.627. The number of ether oxygens (including phenoxy) is 1. The lowest BCUT2D eigenvalue weighted by molar-refractivity contribution is -0.873. The van der Waals surface area contributed by atoms with E-state index in [1.807, 2.05) is 21.1 Å². The fourth-order valence-corrected chi connectivity index (χ4v) is 0.980. The van der Waals surface area contributed by atoms with Crippen LogP contribution >= 0.6 is 0 Å². The third-order valence-corrected chi connectivity index (χ3v) is 1.51. The van der Waals surface area contributed by atoms with Gasteiger partial charge in [-0.1, -0.05) is 6.58 Å². The fraction of sp³-hybridized carbons (Fsp3) is 0.700. The average Bonchev–Trinajstić information content (AvgIpc) is 1.96. The molecule has 1 unspecified atom stereocenters. The van der Waals surface area contributed by atoms with E-state index in [1.165, 1.54) is 0 Å². The lowest BCUT2D eigenvalue weighted by atomic mass is 10.3. The van der Waals surface area contributed by atoms with Crippen molar-refractivity contribution in [3.63, 3.8) is 0 Å². The van der Waals surface area contributed by atoms with Crippen LogP contribution in [0, 0.1) is 0 Å². The molecule has 1 atom stereocenters. The minimum absolute atomic E-state index is 0. The standard InChI is InChI=1S/C10H20NO3.ClH/c1-8(2)10(13)14-7-9(12)6-11(3,4)5;/h9,12H,1,6-7H2,2-5H3;1H/q+1;/p-1. The molecule has 0 aliphatic rings. The van der Waals surface area contributed by atoms with Gasteiger partial charge in [0.2, 0.25) is 0 Å². The van der Waals surface area contributed by atoms with E-state index in [4.69, 9.17) is 4.74 Å². The molecule has 0 fully saturated rings. The summed E-state index contributed by atoms with van der Waals surface area (Å²) in [5, 5.41) is 9.49. The van der Waals surface area contributed by atoms with Gasteiger partial charge in [-0.2, -0.15) is 0 Å². The van der Waals surface area contributed by atoms with Crippen molar-refractivity contribution >= 4 is 5.97 Å². The maximum atomic E-state index is 11.0. The molecule has 0 aromatic heterocycles. The number of hydrogen-bond donors (Lipinski definition) is 1. The van der Waals surface area contributed by atoms with E-state index in [0.29, 0.717) is 16.6 Å². The Morgan fingerprint density at radius 3 is 2.27 bits per heavy atom. The maximum absolute atomic E-state index is 11.0. The summed E-state index contributed by atoms with van der Waals surface area (Å²) in [6.45, 7) is 5.60. The fourth-order valence-electron chi connectivity index (χ4n) is 0.980. The normalized spacial score (nSPS) is 12.6. The first-order valence-electron chi connectivity index (χ1n) is 4.53. The number of aliphatic hydroxyl groups is 1. The van der Waals surface area contributed by atoms with E-state index in [2.05, 4.69) is 6.58 Å². The minimum Gasteiger partial charge on any atom is -1.00 e. The van der Waals surface area contributed by atoms with Crippen LogP contribution in [0.15, 0.2) is 12.2 Å². The van der Waals surface area contributed by atoms with Crippen molar-refractivity contribution in [3.05, 3.63) is 12.2 Å². The molecule has 0 saturated heterocycles. The lowest BCUT2D eigenvalue weighted by Gasteiger charge is -2.26. The van der Waals surface area contributed by atoms with Crippen molar-refractivity contribution in [1.82, 2.24) is 0 Å². The summed E-state index contributed by atoms with van der Waals surface area (Å²) in [6.07, 6.45) is -0.627. The van der Waals surface area contributed by atoms with Gasteiger partial charge in [0.15, 0.2) is 0 Å². The molecule has 0 aliphatic carbocycles. The number of quaternary nitrogens is 1. The molecule has 4 nitrogen and oxygen atoms in total. The number of rotatable bonds is 5. The summed E-state index contributed by atoms with van der Waals surface area (Å²) in [7, 11) is 5.89. The van der Waals surface area contributed by atoms with E-state index < -0.39 is 12.1 Å². The zero-order valence-corrected chi connectivity index (χ0v) is 10.5. The molecule has 15 heavy (non-hydrogen) atoms. The van der Waals surface area contributed by atoms with E-state index in [1.54, 1.807) is 6.92 Å². The van der Waals surface area contributed by atoms with E-state index in [-0.39, 0.29) is 19.0 Å². The molecule has 0 rings (SSSR count). The largest absolute Gasteiger partial charge is 1.00 e. The Bertz CT molecular complexity index is 223. The van der Waals surface area contributed by atoms with Crippen molar-refractivity contribution in [2.75, 3.05) is 34.3 Å². The average molecular weight is 238 g/mol. The third kappa shape index (κ3) is 9.72. The van der Waals surface area contributed by atoms with Crippen molar-refractivity contribution in [1.29, 1.82) is 0 Å². The molecule has 0 saturated carbocycles. The van der Waals surface area contributed by atoms with E-state index in [9.17, 15) is 9.90 Å². The van der Waals surface area contributed by atoms with Crippen LogP contribution in [0.2, 0.25) is 0 Å². The molecule has 5 heteroatoms. The molecular weight excluding hydrogens is 218 g/mol. The highest BCUT2D eigenvalue weighted by molar-refractivity contribution is 5.86. The van der Waals surface area contributed by atoms with Crippen LogP contribution in [-0.4, -0.2) is 56.0 Å². The maximum Gasteiger partial charge on any atom is 0.333 e. The van der Waals surface area contributed by atoms with Crippen molar-refractivity contribution in [2.45, 2.75) is 13.0 Å². The molecule has 0 bridgehead atoms. The summed E-state index contributed by atoms with van der Waals surface area (Å²) >= 11 is 0. The molecule has 0 amide bonds. The highest BCUT2D eigenvalue weighted by Gasteiger charge is 2.17. The SMILES string of the molecule is C=C(C)C(=O)OCC(O)C[N+](C)(C)C.[Cl-]. The number of carbonyl (C=O) groups excluding carboxylic acids is 1. The first-order chi connectivity index (χ1) is 6.22. The first kappa shape index (κ1) is 16.8. The predicted molar refractivity (Wildman–Crippen MR) is 54.7 cm³/mol. The number of halogens is 1. The van der Waals surface area contributed by atoms with E-state index >= 15 is 0 Å². The number of hydrogen-bond acceptors (Lipinski definition) is 3. The van der Waals surface area contributed by atoms with Gasteiger partial charge in [0.25, 0.3) is 0 Å². The van der Waals surface area contributed by atoms with Gasteiger partial charge in [-0.3, -0.25) is 0 Å². The van der Waals surface area contributed by atoms with Crippen LogP contribution in [0.5, 0.6) is 0 Å². The monoisotopic (exact) mass is 237 g/mol. The second kappa shape index (κ2) is 6.82. The van der Waals surface area contributed by atoms with Gasteiger partial charge in [-0.25, -0.2) is 4.79 Å². The van der Waals surface area contributed by atoms with Crippen LogP contribution in [0.25, 0.3) is 0 Å². The number of likely N-dealkylation sites (N-methyl/N-ethyl adjacent to an activating group) is 1. The highest BCUT2D eigenvalue weighted by Crippen LogP contribution is 1.98. The zero-order chi connectivity index (χ0) is 11.4. The highest BCUT2D eigenvalue weighted by atomic mass is 35.5. The number of nitrogens with zero attached hydrogens (tertiary/aromatic N) is 1. The predicted octanol–water partition coefficient (Wildman–Crippen LogP) is -2.82. The van der Waals surface area contributed by atoms with Gasteiger partial charge in [0, 0.05) is 5.57 Å². The Kier molecular flexibility index (Phi) is 7.66. The van der Waals surface area contributed by atoms with Gasteiger partial charge in [-0.15, -0.1) is 0 Å². The van der Waals surface area contributed by atoms with Gasteiger partial charge >= 0.3 is 5.97 Å². The summed E-state index contributed by atoms with van der Waals surface area (Å²) in [4.78, 5) is 11.0. The van der Waals surface area contributed by atoms with Crippen molar-refractivity contribution in [3.8, 4) is 0 Å². The molecule has 90 valence electrons. The van der Waals surface area contributed by atoms with Crippen LogP contribution in [-0.2, 0) is 9.53 Å². The van der Waals surface area contributed by atoms with Crippen LogP contribution in [0.3, 0.4) is 0 Å². The Morgan fingerprint density at radius 2 is 1.93 bits per heavy atom. The van der Waals surface area contributed by atoms with Crippen molar-refractivity contribution < 1.29 is 31.5 Å². The Balaban J connectivity index is 0. The summed E-state index contributed by atoms with van der Waals surface area (Å²) < 4.78 is 5.44. The van der Waals surface area contributed by atoms with E-state index in [0.717, 1.165) is 0 Å². The molecule has 0 aliphatic heterocycles. The quantitative estimate of drug-likeness (QED) is 0.319. The lowest BCUT2D eigenvalue weighted by Crippen LogP contribution is -3.00. The van der Waals surface area contributed by atoms with Gasteiger partial charge < -0.3 is 26.7 Å². The first-order valence-corrected chi connectivity index (χ1v) is 4.53.